The maximum atomic E-state index is 12.3. The van der Waals surface area contributed by atoms with E-state index in [0.717, 1.165) is 25.1 Å². The van der Waals surface area contributed by atoms with Crippen LogP contribution in [0.1, 0.15) is 58.8 Å². The van der Waals surface area contributed by atoms with E-state index >= 15 is 0 Å². The lowest BCUT2D eigenvalue weighted by Crippen LogP contribution is -2.54. The van der Waals surface area contributed by atoms with Crippen LogP contribution >= 0.6 is 23.4 Å². The molecule has 1 saturated carbocycles. The quantitative estimate of drug-likeness (QED) is 0.386. The average molecular weight is 454 g/mol. The maximum Gasteiger partial charge on any atom is 0.230 e. The summed E-state index contributed by atoms with van der Waals surface area (Å²) in [5.41, 5.74) is 0. The van der Waals surface area contributed by atoms with Gasteiger partial charge in [-0.1, -0.05) is 49.5 Å². The van der Waals surface area contributed by atoms with Crippen LogP contribution in [-0.2, 0) is 9.59 Å². The minimum Gasteiger partial charge on any atom is -0.353 e. The molecule has 2 aliphatic rings. The van der Waals surface area contributed by atoms with Crippen molar-refractivity contribution in [2.24, 2.45) is 0 Å². The number of piperazine rings is 1. The smallest absolute Gasteiger partial charge is 0.230 e. The molecule has 3 rings (SSSR count). The molecular formula is C21H32ClN5O2S. The summed E-state index contributed by atoms with van der Waals surface area (Å²) in [6.45, 7) is 6.17. The number of carbonyl (C=O) groups excluding carboxylic acids is 2. The second-order valence-electron chi connectivity index (χ2n) is 8.15. The zero-order valence-electron chi connectivity index (χ0n) is 17.9. The molecule has 1 aliphatic carbocycles. The molecule has 0 radical (unpaired) electrons. The molecule has 0 aromatic carbocycles. The fourth-order valence-electron chi connectivity index (χ4n) is 4.15. The van der Waals surface area contributed by atoms with Gasteiger partial charge in [0.2, 0.25) is 11.8 Å². The highest BCUT2D eigenvalue weighted by Crippen LogP contribution is 2.24. The summed E-state index contributed by atoms with van der Waals surface area (Å²) >= 11 is 7.55. The number of aromatic nitrogens is 2. The van der Waals surface area contributed by atoms with E-state index in [1.165, 1.54) is 31.0 Å². The highest BCUT2D eigenvalue weighted by Gasteiger charge is 2.28. The van der Waals surface area contributed by atoms with Gasteiger partial charge >= 0.3 is 0 Å². The number of anilines is 1. The van der Waals surface area contributed by atoms with Crippen molar-refractivity contribution in [3.8, 4) is 0 Å². The molecule has 1 atom stereocenters. The first-order chi connectivity index (χ1) is 14.5. The van der Waals surface area contributed by atoms with Gasteiger partial charge in [0, 0.05) is 44.2 Å². The Morgan fingerprint density at radius 3 is 2.70 bits per heavy atom. The third-order valence-corrected chi connectivity index (χ3v) is 6.74. The highest BCUT2D eigenvalue weighted by atomic mass is 35.5. The molecule has 9 heteroatoms. The van der Waals surface area contributed by atoms with Crippen LogP contribution in [0.25, 0.3) is 0 Å². The molecule has 0 spiro atoms. The van der Waals surface area contributed by atoms with Crippen LogP contribution in [0.5, 0.6) is 0 Å². The Labute approximate surface area is 188 Å². The summed E-state index contributed by atoms with van der Waals surface area (Å²) in [5.74, 6) is 1.27. The first-order valence-electron chi connectivity index (χ1n) is 11.0. The third kappa shape index (κ3) is 6.48. The predicted octanol–water partition coefficient (Wildman–Crippen LogP) is 3.51. The number of hydrogen-bond donors (Lipinski definition) is 1. The van der Waals surface area contributed by atoms with Crippen LogP contribution in [0.3, 0.4) is 0 Å². The lowest BCUT2D eigenvalue weighted by Gasteiger charge is -2.40. The Hall–Kier alpha value is -1.54. The number of nitrogens with one attached hydrogen (secondary N) is 1. The molecule has 30 heavy (non-hydrogen) atoms. The number of amides is 2. The minimum absolute atomic E-state index is 0.0219. The Kier molecular flexibility index (Phi) is 8.62. The standard InChI is InChI=1S/C21H32ClN5O2S/c1-3-7-20(29)27-11-10-26(13-15(27)2)18-12-17(22)24-21(25-18)30-14-19(28)23-16-8-5-4-6-9-16/h12,15-16H,3-11,13-14H2,1-2H3,(H,23,28). The van der Waals surface area contributed by atoms with Crippen LogP contribution in [-0.4, -0.2) is 64.2 Å². The van der Waals surface area contributed by atoms with Crippen LogP contribution in [0.2, 0.25) is 5.15 Å². The molecule has 7 nitrogen and oxygen atoms in total. The van der Waals surface area contributed by atoms with Gasteiger partial charge in [0.25, 0.3) is 0 Å². The van der Waals surface area contributed by atoms with Gasteiger partial charge in [-0.3, -0.25) is 9.59 Å². The SMILES string of the molecule is CCCC(=O)N1CCN(c2cc(Cl)nc(SCC(=O)NC3CCCCC3)n2)CC1C. The monoisotopic (exact) mass is 453 g/mol. The minimum atomic E-state index is 0.0219. The molecule has 1 aliphatic heterocycles. The van der Waals surface area contributed by atoms with Crippen LogP contribution in [0.4, 0.5) is 5.82 Å². The van der Waals surface area contributed by atoms with Crippen molar-refractivity contribution in [2.75, 3.05) is 30.3 Å². The predicted molar refractivity (Wildman–Crippen MR) is 121 cm³/mol. The zero-order chi connectivity index (χ0) is 21.5. The van der Waals surface area contributed by atoms with E-state index in [1.807, 2.05) is 11.8 Å². The molecule has 2 heterocycles. The van der Waals surface area contributed by atoms with E-state index in [0.29, 0.717) is 42.4 Å². The zero-order valence-corrected chi connectivity index (χ0v) is 19.5. The van der Waals surface area contributed by atoms with Crippen LogP contribution in [0.15, 0.2) is 11.2 Å². The Balaban J connectivity index is 1.56. The Morgan fingerprint density at radius 1 is 1.23 bits per heavy atom. The third-order valence-electron chi connectivity index (χ3n) is 5.70. The summed E-state index contributed by atoms with van der Waals surface area (Å²) in [6, 6.07) is 2.17. The van der Waals surface area contributed by atoms with Gasteiger partial charge in [-0.25, -0.2) is 9.97 Å². The summed E-state index contributed by atoms with van der Waals surface area (Å²) in [4.78, 5) is 37.6. The molecule has 0 bridgehead atoms. The van der Waals surface area contributed by atoms with Gasteiger partial charge in [-0.05, 0) is 26.2 Å². The van der Waals surface area contributed by atoms with Gasteiger partial charge in [0.15, 0.2) is 5.16 Å². The summed E-state index contributed by atoms with van der Waals surface area (Å²) in [7, 11) is 0. The van der Waals surface area contributed by atoms with Gasteiger partial charge in [-0.15, -0.1) is 0 Å². The largest absolute Gasteiger partial charge is 0.353 e. The molecular weight excluding hydrogens is 422 g/mol. The molecule has 166 valence electrons. The van der Waals surface area contributed by atoms with E-state index in [4.69, 9.17) is 11.6 Å². The van der Waals surface area contributed by atoms with Crippen LogP contribution < -0.4 is 10.2 Å². The fraction of sp³-hybridized carbons (Fsp3) is 0.714. The van der Waals surface area contributed by atoms with Crippen LogP contribution in [0, 0.1) is 0 Å². The van der Waals surface area contributed by atoms with Gasteiger partial charge in [0.1, 0.15) is 11.0 Å². The van der Waals surface area contributed by atoms with Gasteiger partial charge in [0.05, 0.1) is 5.75 Å². The summed E-state index contributed by atoms with van der Waals surface area (Å²) in [6.07, 6.45) is 7.23. The normalized spacial score (nSPS) is 20.3. The van der Waals surface area contributed by atoms with Crippen molar-refractivity contribution in [2.45, 2.75) is 76.0 Å². The van der Waals surface area contributed by atoms with Crippen molar-refractivity contribution < 1.29 is 9.59 Å². The highest BCUT2D eigenvalue weighted by molar-refractivity contribution is 7.99. The van der Waals surface area contributed by atoms with E-state index < -0.39 is 0 Å². The van der Waals surface area contributed by atoms with E-state index in [1.54, 1.807) is 6.07 Å². The molecule has 1 unspecified atom stereocenters. The molecule has 2 fully saturated rings. The number of rotatable bonds is 7. The van der Waals surface area contributed by atoms with Crippen molar-refractivity contribution in [3.63, 3.8) is 0 Å². The lowest BCUT2D eigenvalue weighted by molar-refractivity contribution is -0.133. The van der Waals surface area contributed by atoms with Gasteiger partial charge < -0.3 is 15.1 Å². The summed E-state index contributed by atoms with van der Waals surface area (Å²) < 4.78 is 0. The maximum absolute atomic E-state index is 12.3. The van der Waals surface area contributed by atoms with E-state index in [9.17, 15) is 9.59 Å². The molecule has 1 N–H and O–H groups in total. The summed E-state index contributed by atoms with van der Waals surface area (Å²) in [5, 5.41) is 3.99. The topological polar surface area (TPSA) is 78.4 Å². The number of hydrogen-bond acceptors (Lipinski definition) is 6. The Morgan fingerprint density at radius 2 is 2.00 bits per heavy atom. The fourth-order valence-corrected chi connectivity index (χ4v) is 5.04. The molecule has 2 amide bonds. The molecule has 1 aromatic heterocycles. The van der Waals surface area contributed by atoms with Crippen molar-refractivity contribution in [3.05, 3.63) is 11.2 Å². The van der Waals surface area contributed by atoms with E-state index in [-0.39, 0.29) is 23.6 Å². The number of carbonyl (C=O) groups is 2. The average Bonchev–Trinajstić information content (AvgIpc) is 2.72. The second kappa shape index (κ2) is 11.2. The molecule has 1 aromatic rings. The van der Waals surface area contributed by atoms with Crippen molar-refractivity contribution in [1.82, 2.24) is 20.2 Å². The second-order valence-corrected chi connectivity index (χ2v) is 9.48. The first-order valence-corrected chi connectivity index (χ1v) is 12.3. The number of halogens is 1. The lowest BCUT2D eigenvalue weighted by atomic mass is 9.95. The van der Waals surface area contributed by atoms with Crippen molar-refractivity contribution >= 4 is 41.0 Å². The van der Waals surface area contributed by atoms with E-state index in [2.05, 4.69) is 27.1 Å². The Bertz CT molecular complexity index is 744. The van der Waals surface area contributed by atoms with Gasteiger partial charge in [-0.2, -0.15) is 0 Å². The molecule has 1 saturated heterocycles. The first kappa shape index (κ1) is 23.1. The number of nitrogens with zero attached hydrogens (tertiary/aromatic N) is 4. The number of thioether (sulfide) groups is 1. The van der Waals surface area contributed by atoms with Crippen molar-refractivity contribution in [1.29, 1.82) is 0 Å².